The van der Waals surface area contributed by atoms with E-state index in [4.69, 9.17) is 0 Å². The first-order chi connectivity index (χ1) is 7.17. The van der Waals surface area contributed by atoms with Gasteiger partial charge in [0.15, 0.2) is 0 Å². The Kier molecular flexibility index (Phi) is 4.30. The molecular formula is C13H21NO. The van der Waals surface area contributed by atoms with Crippen molar-refractivity contribution in [3.8, 4) is 0 Å². The van der Waals surface area contributed by atoms with E-state index in [-0.39, 0.29) is 12.1 Å². The highest BCUT2D eigenvalue weighted by Crippen LogP contribution is 2.28. The lowest BCUT2D eigenvalue weighted by molar-refractivity contribution is 0.118. The number of aliphatic hydroxyl groups excluding tert-OH is 1. The molecule has 0 heterocycles. The van der Waals surface area contributed by atoms with E-state index in [1.165, 1.54) is 0 Å². The highest BCUT2D eigenvalue weighted by molar-refractivity contribution is 5.25. The number of hydrogen-bond acceptors (Lipinski definition) is 2. The van der Waals surface area contributed by atoms with E-state index in [0.717, 1.165) is 12.1 Å². The summed E-state index contributed by atoms with van der Waals surface area (Å²) in [6, 6.07) is 10.2. The smallest absolute Gasteiger partial charge is 0.0692 e. The molecule has 0 saturated carbocycles. The summed E-state index contributed by atoms with van der Waals surface area (Å²) in [7, 11) is 0. The van der Waals surface area contributed by atoms with Crippen LogP contribution < -0.4 is 5.32 Å². The van der Waals surface area contributed by atoms with Gasteiger partial charge in [0.2, 0.25) is 0 Å². The van der Waals surface area contributed by atoms with Crippen LogP contribution in [0.2, 0.25) is 0 Å². The minimum Gasteiger partial charge on any atom is -0.394 e. The van der Waals surface area contributed by atoms with Gasteiger partial charge in [0.25, 0.3) is 0 Å². The van der Waals surface area contributed by atoms with Gasteiger partial charge in [-0.15, -0.1) is 0 Å². The zero-order chi connectivity index (χ0) is 11.3. The van der Waals surface area contributed by atoms with Crippen LogP contribution in [-0.2, 0) is 5.54 Å². The normalized spacial score (nSPS) is 15.3. The number of nitrogens with one attached hydrogen (secondary N) is 1. The van der Waals surface area contributed by atoms with Crippen LogP contribution in [0.1, 0.15) is 26.3 Å². The minimum absolute atomic E-state index is 0.127. The SMILES string of the molecule is CCNC(CO)(c1ccccc1)C(C)C. The van der Waals surface area contributed by atoms with Gasteiger partial charge in [-0.2, -0.15) is 0 Å². The predicted octanol–water partition coefficient (Wildman–Crippen LogP) is 2.14. The largest absolute Gasteiger partial charge is 0.394 e. The van der Waals surface area contributed by atoms with Gasteiger partial charge in [0.05, 0.1) is 12.1 Å². The van der Waals surface area contributed by atoms with Crippen LogP contribution in [-0.4, -0.2) is 18.3 Å². The fourth-order valence-corrected chi connectivity index (χ4v) is 2.02. The molecule has 0 aliphatic rings. The van der Waals surface area contributed by atoms with Crippen molar-refractivity contribution in [1.29, 1.82) is 0 Å². The third-order valence-corrected chi connectivity index (χ3v) is 3.02. The molecule has 0 aromatic heterocycles. The number of benzene rings is 1. The predicted molar refractivity (Wildman–Crippen MR) is 63.7 cm³/mol. The topological polar surface area (TPSA) is 32.3 Å². The summed E-state index contributed by atoms with van der Waals surface area (Å²) in [5.41, 5.74) is 0.847. The Morgan fingerprint density at radius 3 is 2.27 bits per heavy atom. The summed E-state index contributed by atoms with van der Waals surface area (Å²) in [5, 5.41) is 13.1. The highest BCUT2D eigenvalue weighted by atomic mass is 16.3. The molecule has 0 radical (unpaired) electrons. The van der Waals surface area contributed by atoms with Gasteiger partial charge in [-0.05, 0) is 18.0 Å². The number of aliphatic hydroxyl groups is 1. The maximum atomic E-state index is 9.67. The van der Waals surface area contributed by atoms with Gasteiger partial charge >= 0.3 is 0 Å². The molecule has 2 N–H and O–H groups in total. The lowest BCUT2D eigenvalue weighted by Crippen LogP contribution is -2.49. The fourth-order valence-electron chi connectivity index (χ4n) is 2.02. The molecule has 2 heteroatoms. The van der Waals surface area contributed by atoms with Crippen LogP contribution in [0.4, 0.5) is 0 Å². The lowest BCUT2D eigenvalue weighted by atomic mass is 9.80. The molecular weight excluding hydrogens is 186 g/mol. The highest BCUT2D eigenvalue weighted by Gasteiger charge is 2.33. The molecule has 1 unspecified atom stereocenters. The zero-order valence-corrected chi connectivity index (χ0v) is 9.83. The van der Waals surface area contributed by atoms with Crippen LogP contribution in [0, 0.1) is 5.92 Å². The van der Waals surface area contributed by atoms with Crippen molar-refractivity contribution in [3.63, 3.8) is 0 Å². The quantitative estimate of drug-likeness (QED) is 0.775. The average Bonchev–Trinajstić information content (AvgIpc) is 2.26. The molecule has 0 spiro atoms. The summed E-state index contributed by atoms with van der Waals surface area (Å²) in [6.07, 6.45) is 0. The van der Waals surface area contributed by atoms with Crippen molar-refractivity contribution in [3.05, 3.63) is 35.9 Å². The molecule has 1 aromatic carbocycles. The molecule has 0 amide bonds. The third kappa shape index (κ3) is 2.39. The lowest BCUT2D eigenvalue weighted by Gasteiger charge is -2.37. The van der Waals surface area contributed by atoms with E-state index in [9.17, 15) is 5.11 Å². The Morgan fingerprint density at radius 1 is 1.27 bits per heavy atom. The first-order valence-corrected chi connectivity index (χ1v) is 5.58. The van der Waals surface area contributed by atoms with Gasteiger partial charge in [-0.1, -0.05) is 51.1 Å². The van der Waals surface area contributed by atoms with Crippen LogP contribution >= 0.6 is 0 Å². The number of hydrogen-bond donors (Lipinski definition) is 2. The Labute approximate surface area is 92.3 Å². The maximum Gasteiger partial charge on any atom is 0.0692 e. The number of likely N-dealkylation sites (N-methyl/N-ethyl adjacent to an activating group) is 1. The Morgan fingerprint density at radius 2 is 1.87 bits per heavy atom. The van der Waals surface area contributed by atoms with Gasteiger partial charge in [0.1, 0.15) is 0 Å². The molecule has 15 heavy (non-hydrogen) atoms. The van der Waals surface area contributed by atoms with Crippen molar-refractivity contribution < 1.29 is 5.11 Å². The van der Waals surface area contributed by atoms with Gasteiger partial charge in [-0.3, -0.25) is 0 Å². The Hall–Kier alpha value is -0.860. The monoisotopic (exact) mass is 207 g/mol. The van der Waals surface area contributed by atoms with E-state index < -0.39 is 0 Å². The fraction of sp³-hybridized carbons (Fsp3) is 0.538. The summed E-state index contributed by atoms with van der Waals surface area (Å²) in [4.78, 5) is 0. The Balaban J connectivity index is 3.09. The summed E-state index contributed by atoms with van der Waals surface area (Å²) in [6.45, 7) is 7.31. The molecule has 0 aliphatic carbocycles. The van der Waals surface area contributed by atoms with Crippen molar-refractivity contribution in [1.82, 2.24) is 5.32 Å². The van der Waals surface area contributed by atoms with E-state index in [0.29, 0.717) is 5.92 Å². The second-order valence-corrected chi connectivity index (χ2v) is 4.18. The van der Waals surface area contributed by atoms with Crippen LogP contribution in [0.3, 0.4) is 0 Å². The summed E-state index contributed by atoms with van der Waals surface area (Å²) in [5.74, 6) is 0.352. The van der Waals surface area contributed by atoms with Crippen molar-refractivity contribution >= 4 is 0 Å². The molecule has 0 saturated heterocycles. The first kappa shape index (κ1) is 12.2. The second-order valence-electron chi connectivity index (χ2n) is 4.18. The first-order valence-electron chi connectivity index (χ1n) is 5.58. The van der Waals surface area contributed by atoms with Crippen LogP contribution in [0.15, 0.2) is 30.3 Å². The molecule has 1 rings (SSSR count). The van der Waals surface area contributed by atoms with E-state index in [2.05, 4.69) is 38.2 Å². The van der Waals surface area contributed by atoms with Gasteiger partial charge < -0.3 is 10.4 Å². The van der Waals surface area contributed by atoms with E-state index in [1.54, 1.807) is 0 Å². The zero-order valence-electron chi connectivity index (χ0n) is 9.83. The molecule has 0 bridgehead atoms. The van der Waals surface area contributed by atoms with Gasteiger partial charge in [0, 0.05) is 0 Å². The molecule has 1 aromatic rings. The number of rotatable bonds is 5. The standard InChI is InChI=1S/C13H21NO/c1-4-14-13(10-15,11(2)3)12-8-6-5-7-9-12/h5-9,11,14-15H,4,10H2,1-3H3. The van der Waals surface area contributed by atoms with Crippen molar-refractivity contribution in [2.75, 3.05) is 13.2 Å². The summed E-state index contributed by atoms with van der Waals surface area (Å²) < 4.78 is 0. The second kappa shape index (κ2) is 5.29. The molecule has 1 atom stereocenters. The average molecular weight is 207 g/mol. The van der Waals surface area contributed by atoms with Crippen molar-refractivity contribution in [2.45, 2.75) is 26.3 Å². The molecule has 84 valence electrons. The van der Waals surface area contributed by atoms with Crippen LogP contribution in [0.25, 0.3) is 0 Å². The molecule has 0 fully saturated rings. The van der Waals surface area contributed by atoms with E-state index in [1.807, 2.05) is 18.2 Å². The molecule has 0 aliphatic heterocycles. The maximum absolute atomic E-state index is 9.67. The third-order valence-electron chi connectivity index (χ3n) is 3.02. The van der Waals surface area contributed by atoms with E-state index >= 15 is 0 Å². The van der Waals surface area contributed by atoms with Crippen molar-refractivity contribution in [2.24, 2.45) is 5.92 Å². The minimum atomic E-state index is -0.310. The van der Waals surface area contributed by atoms with Gasteiger partial charge in [-0.25, -0.2) is 0 Å². The Bertz CT molecular complexity index is 284. The van der Waals surface area contributed by atoms with Crippen LogP contribution in [0.5, 0.6) is 0 Å². The summed E-state index contributed by atoms with van der Waals surface area (Å²) >= 11 is 0. The molecule has 2 nitrogen and oxygen atoms in total.